The van der Waals surface area contributed by atoms with Gasteiger partial charge in [0.1, 0.15) is 5.75 Å². The van der Waals surface area contributed by atoms with Crippen LogP contribution in [-0.2, 0) is 10.0 Å². The van der Waals surface area contributed by atoms with E-state index in [1.807, 2.05) is 19.1 Å². The highest BCUT2D eigenvalue weighted by Crippen LogP contribution is 2.25. The van der Waals surface area contributed by atoms with E-state index in [2.05, 4.69) is 24.6 Å². The van der Waals surface area contributed by atoms with Crippen LogP contribution < -0.4 is 14.4 Å². The van der Waals surface area contributed by atoms with Crippen LogP contribution in [0.1, 0.15) is 18.5 Å². The van der Waals surface area contributed by atoms with E-state index in [0.717, 1.165) is 61.7 Å². The number of aromatic nitrogens is 2. The van der Waals surface area contributed by atoms with E-state index in [9.17, 15) is 21.6 Å². The van der Waals surface area contributed by atoms with Crippen molar-refractivity contribution in [1.29, 1.82) is 0 Å². The van der Waals surface area contributed by atoms with Gasteiger partial charge in [-0.25, -0.2) is 13.1 Å². The van der Waals surface area contributed by atoms with Gasteiger partial charge in [0.05, 0.1) is 10.6 Å². The number of aryl methyl sites for hydroxylation is 1. The minimum atomic E-state index is -4.82. The van der Waals surface area contributed by atoms with Crippen LogP contribution in [-0.4, -0.2) is 44.6 Å². The maximum Gasteiger partial charge on any atom is 0.573 e. The van der Waals surface area contributed by atoms with Gasteiger partial charge in [0.25, 0.3) is 0 Å². The Balaban J connectivity index is 1.51. The smallest absolute Gasteiger partial charge is 0.406 e. The Bertz CT molecular complexity index is 911. The molecule has 0 atom stereocenters. The van der Waals surface area contributed by atoms with Crippen LogP contribution in [0.15, 0.2) is 41.3 Å². The molecule has 1 saturated heterocycles. The molecule has 1 aromatic heterocycles. The molecule has 158 valence electrons. The summed E-state index contributed by atoms with van der Waals surface area (Å²) in [5.41, 5.74) is 0.844. The predicted molar refractivity (Wildman–Crippen MR) is 100 cm³/mol. The quantitative estimate of drug-likeness (QED) is 0.759. The third-order valence-corrected chi connectivity index (χ3v) is 6.09. The average Bonchev–Trinajstić information content (AvgIpc) is 2.67. The normalized spacial score (nSPS) is 16.1. The molecule has 0 bridgehead atoms. The summed E-state index contributed by atoms with van der Waals surface area (Å²) in [6.07, 6.45) is -3.25. The van der Waals surface area contributed by atoms with Crippen molar-refractivity contribution in [3.63, 3.8) is 0 Å². The van der Waals surface area contributed by atoms with Gasteiger partial charge in [0.15, 0.2) is 5.82 Å². The second-order valence-corrected chi connectivity index (χ2v) is 8.60. The van der Waals surface area contributed by atoms with Crippen LogP contribution in [0.25, 0.3) is 0 Å². The van der Waals surface area contributed by atoms with Crippen molar-refractivity contribution in [1.82, 2.24) is 14.9 Å². The summed E-state index contributed by atoms with van der Waals surface area (Å²) in [6, 6.07) is 7.93. The van der Waals surface area contributed by atoms with Crippen LogP contribution in [0.2, 0.25) is 0 Å². The Kier molecular flexibility index (Phi) is 6.27. The van der Waals surface area contributed by atoms with Gasteiger partial charge >= 0.3 is 6.36 Å². The molecular formula is C18H21F3N4O3S. The number of anilines is 1. The van der Waals surface area contributed by atoms with Crippen molar-refractivity contribution >= 4 is 15.8 Å². The Labute approximate surface area is 166 Å². The number of sulfonamides is 1. The topological polar surface area (TPSA) is 84.4 Å². The molecule has 0 spiro atoms. The van der Waals surface area contributed by atoms with Gasteiger partial charge in [0, 0.05) is 19.6 Å². The average molecular weight is 430 g/mol. The van der Waals surface area contributed by atoms with Crippen molar-refractivity contribution in [2.24, 2.45) is 5.92 Å². The van der Waals surface area contributed by atoms with Crippen molar-refractivity contribution < 1.29 is 26.3 Å². The van der Waals surface area contributed by atoms with Gasteiger partial charge < -0.3 is 9.64 Å². The fraction of sp³-hybridized carbons (Fsp3) is 0.444. The number of halogens is 3. The fourth-order valence-electron chi connectivity index (χ4n) is 3.06. The number of hydrogen-bond donors (Lipinski definition) is 1. The summed E-state index contributed by atoms with van der Waals surface area (Å²) in [7, 11) is -3.81. The second kappa shape index (κ2) is 8.54. The Hall–Kier alpha value is -2.40. The third kappa shape index (κ3) is 6.04. The minimum absolute atomic E-state index is 0.112. The largest absolute Gasteiger partial charge is 0.573 e. The lowest BCUT2D eigenvalue weighted by molar-refractivity contribution is -0.274. The van der Waals surface area contributed by atoms with Gasteiger partial charge in [-0.15, -0.1) is 18.3 Å². The van der Waals surface area contributed by atoms with E-state index < -0.39 is 22.1 Å². The van der Waals surface area contributed by atoms with Crippen molar-refractivity contribution in [3.8, 4) is 5.75 Å². The van der Waals surface area contributed by atoms with Crippen molar-refractivity contribution in [3.05, 3.63) is 42.1 Å². The molecular weight excluding hydrogens is 409 g/mol. The van der Waals surface area contributed by atoms with E-state index >= 15 is 0 Å². The molecule has 0 aliphatic carbocycles. The molecule has 0 amide bonds. The summed E-state index contributed by atoms with van der Waals surface area (Å²) >= 11 is 0. The third-order valence-electron chi connectivity index (χ3n) is 4.65. The zero-order chi connectivity index (χ0) is 21.1. The number of benzene rings is 1. The van der Waals surface area contributed by atoms with Gasteiger partial charge in [0.2, 0.25) is 10.0 Å². The van der Waals surface area contributed by atoms with Crippen LogP contribution in [0.5, 0.6) is 5.75 Å². The first kappa shape index (κ1) is 21.3. The summed E-state index contributed by atoms with van der Waals surface area (Å²) < 4.78 is 67.6. The van der Waals surface area contributed by atoms with E-state index in [-0.39, 0.29) is 17.4 Å². The molecule has 3 rings (SSSR count). The van der Waals surface area contributed by atoms with Crippen LogP contribution in [0.3, 0.4) is 0 Å². The first-order valence-electron chi connectivity index (χ1n) is 9.03. The van der Waals surface area contributed by atoms with Gasteiger partial charge in [-0.3, -0.25) is 0 Å². The highest BCUT2D eigenvalue weighted by atomic mass is 32.2. The first-order valence-corrected chi connectivity index (χ1v) is 10.5. The minimum Gasteiger partial charge on any atom is -0.406 e. The predicted octanol–water partition coefficient (Wildman–Crippen LogP) is 2.88. The Morgan fingerprint density at radius 2 is 1.76 bits per heavy atom. The van der Waals surface area contributed by atoms with Crippen LogP contribution in [0, 0.1) is 12.8 Å². The Morgan fingerprint density at radius 1 is 1.10 bits per heavy atom. The fourth-order valence-corrected chi connectivity index (χ4v) is 4.17. The molecule has 11 heteroatoms. The maximum absolute atomic E-state index is 12.4. The number of nitrogens with one attached hydrogen (secondary N) is 1. The molecule has 0 unspecified atom stereocenters. The molecule has 1 N–H and O–H groups in total. The van der Waals surface area contributed by atoms with Crippen LogP contribution in [0.4, 0.5) is 19.0 Å². The lowest BCUT2D eigenvalue weighted by Crippen LogP contribution is -2.39. The van der Waals surface area contributed by atoms with E-state index in [4.69, 9.17) is 0 Å². The van der Waals surface area contributed by atoms with Crippen molar-refractivity contribution in [2.75, 3.05) is 24.5 Å². The monoisotopic (exact) mass is 430 g/mol. The SMILES string of the molecule is Cc1ccc(N2CCC(CNS(=O)(=O)c3ccc(OC(F)(F)F)cc3)CC2)nn1. The second-order valence-electron chi connectivity index (χ2n) is 6.83. The molecule has 2 aromatic rings. The van der Waals surface area contributed by atoms with Gasteiger partial charge in [-0.1, -0.05) is 0 Å². The summed E-state index contributed by atoms with van der Waals surface area (Å²) in [6.45, 7) is 3.61. The zero-order valence-electron chi connectivity index (χ0n) is 15.7. The van der Waals surface area contributed by atoms with E-state index in [0.29, 0.717) is 0 Å². The zero-order valence-corrected chi connectivity index (χ0v) is 16.5. The number of nitrogens with zero attached hydrogens (tertiary/aromatic N) is 3. The molecule has 2 heterocycles. The maximum atomic E-state index is 12.4. The Morgan fingerprint density at radius 3 is 2.31 bits per heavy atom. The molecule has 29 heavy (non-hydrogen) atoms. The lowest BCUT2D eigenvalue weighted by Gasteiger charge is -2.32. The van der Waals surface area contributed by atoms with E-state index in [1.54, 1.807) is 0 Å². The number of alkyl halides is 3. The molecule has 1 aliphatic heterocycles. The van der Waals surface area contributed by atoms with Gasteiger partial charge in [-0.05, 0) is 62.1 Å². The molecule has 1 aromatic carbocycles. The number of rotatable bonds is 6. The molecule has 0 radical (unpaired) electrons. The molecule has 1 fully saturated rings. The van der Waals surface area contributed by atoms with Crippen molar-refractivity contribution in [2.45, 2.75) is 31.0 Å². The number of hydrogen-bond acceptors (Lipinski definition) is 6. The standard InChI is InChI=1S/C18H21F3N4O3S/c1-13-2-7-17(24-23-13)25-10-8-14(9-11-25)12-22-29(26,27)16-5-3-15(4-6-16)28-18(19,20)21/h2-7,14,22H,8-12H2,1H3. The number of piperidine rings is 1. The molecule has 0 saturated carbocycles. The summed E-state index contributed by atoms with van der Waals surface area (Å²) in [5, 5.41) is 8.21. The highest BCUT2D eigenvalue weighted by molar-refractivity contribution is 7.89. The number of ether oxygens (including phenoxy) is 1. The van der Waals surface area contributed by atoms with Crippen LogP contribution >= 0.6 is 0 Å². The lowest BCUT2D eigenvalue weighted by atomic mass is 9.97. The van der Waals surface area contributed by atoms with Gasteiger partial charge in [-0.2, -0.15) is 5.10 Å². The summed E-state index contributed by atoms with van der Waals surface area (Å²) in [4.78, 5) is 2.00. The molecule has 1 aliphatic rings. The molecule has 7 nitrogen and oxygen atoms in total. The summed E-state index contributed by atoms with van der Waals surface area (Å²) in [5.74, 6) is 0.492. The van der Waals surface area contributed by atoms with E-state index in [1.165, 1.54) is 0 Å². The highest BCUT2D eigenvalue weighted by Gasteiger charge is 2.31. The first-order chi connectivity index (χ1) is 13.6.